The van der Waals surface area contributed by atoms with Crippen molar-refractivity contribution >= 4 is 22.8 Å². The number of nitro benzene ring substituents is 1. The van der Waals surface area contributed by atoms with E-state index in [-0.39, 0.29) is 22.9 Å². The van der Waals surface area contributed by atoms with E-state index in [1.807, 2.05) is 0 Å². The molecule has 0 aliphatic heterocycles. The average Bonchev–Trinajstić information content (AvgIpc) is 2.73. The van der Waals surface area contributed by atoms with Crippen LogP contribution in [0.1, 0.15) is 11.1 Å². The minimum absolute atomic E-state index is 0.123. The molecule has 0 aromatic heterocycles. The highest BCUT2D eigenvalue weighted by molar-refractivity contribution is 5.80. The smallest absolute Gasteiger partial charge is 0.416 e. The van der Waals surface area contributed by atoms with E-state index in [0.29, 0.717) is 5.69 Å². The molecule has 11 heteroatoms. The Kier molecular flexibility index (Phi) is 6.75. The van der Waals surface area contributed by atoms with Crippen LogP contribution < -0.4 is 15.0 Å². The molecule has 0 amide bonds. The zero-order valence-corrected chi connectivity index (χ0v) is 17.9. The SMILES string of the molecule is C=C(Nc1ccc(Oc2cc(C(F)(F)F)ccc2N(C)C)cc1[N+](=O)[O-])c1c(F)cccc1F. The molecule has 3 aromatic rings. The van der Waals surface area contributed by atoms with Gasteiger partial charge in [-0.3, -0.25) is 10.1 Å². The third kappa shape index (κ3) is 5.25. The minimum atomic E-state index is -4.62. The van der Waals surface area contributed by atoms with Crippen LogP contribution in [0.15, 0.2) is 61.2 Å². The Morgan fingerprint density at radius 3 is 2.26 bits per heavy atom. The lowest BCUT2D eigenvalue weighted by Gasteiger charge is -2.19. The lowest BCUT2D eigenvalue weighted by molar-refractivity contribution is -0.384. The summed E-state index contributed by atoms with van der Waals surface area (Å²) < 4.78 is 73.0. The third-order valence-electron chi connectivity index (χ3n) is 4.71. The fraction of sp³-hybridized carbons (Fsp3) is 0.130. The standard InChI is InChI=1S/C23H18F5N3O3/c1-13(22-16(24)5-4-6-17(22)25)29-18-9-8-15(12-20(18)31(32)33)34-21-11-14(23(26,27)28)7-10-19(21)30(2)3/h4-12,29H,1H2,2-3H3. The lowest BCUT2D eigenvalue weighted by Crippen LogP contribution is -2.12. The molecule has 34 heavy (non-hydrogen) atoms. The minimum Gasteiger partial charge on any atom is -0.455 e. The maximum atomic E-state index is 14.0. The quantitative estimate of drug-likeness (QED) is 0.229. The van der Waals surface area contributed by atoms with Gasteiger partial charge in [-0.15, -0.1) is 0 Å². The first-order chi connectivity index (χ1) is 15.9. The highest BCUT2D eigenvalue weighted by atomic mass is 19.4. The number of hydrogen-bond acceptors (Lipinski definition) is 5. The molecular weight excluding hydrogens is 461 g/mol. The van der Waals surface area contributed by atoms with E-state index in [9.17, 15) is 32.1 Å². The summed E-state index contributed by atoms with van der Waals surface area (Å²) >= 11 is 0. The van der Waals surface area contributed by atoms with Crippen molar-refractivity contribution in [3.8, 4) is 11.5 Å². The monoisotopic (exact) mass is 479 g/mol. The number of alkyl halides is 3. The van der Waals surface area contributed by atoms with Gasteiger partial charge in [0, 0.05) is 19.8 Å². The first-order valence-corrected chi connectivity index (χ1v) is 9.63. The molecule has 0 saturated heterocycles. The summed E-state index contributed by atoms with van der Waals surface area (Å²) in [6.07, 6.45) is -4.62. The van der Waals surface area contributed by atoms with Crippen LogP contribution in [0.2, 0.25) is 0 Å². The van der Waals surface area contributed by atoms with Gasteiger partial charge in [0.2, 0.25) is 0 Å². The van der Waals surface area contributed by atoms with Gasteiger partial charge >= 0.3 is 6.18 Å². The molecule has 0 fully saturated rings. The Labute approximate surface area is 191 Å². The summed E-state index contributed by atoms with van der Waals surface area (Å²) in [4.78, 5) is 12.4. The number of anilines is 2. The topological polar surface area (TPSA) is 67.6 Å². The summed E-state index contributed by atoms with van der Waals surface area (Å²) in [6.45, 7) is 3.54. The Balaban J connectivity index is 1.97. The van der Waals surface area contributed by atoms with Gasteiger partial charge in [0.15, 0.2) is 5.75 Å². The Morgan fingerprint density at radius 1 is 1.06 bits per heavy atom. The van der Waals surface area contributed by atoms with Crippen molar-refractivity contribution in [2.75, 3.05) is 24.3 Å². The summed E-state index contributed by atoms with van der Waals surface area (Å²) in [7, 11) is 3.19. The van der Waals surface area contributed by atoms with Crippen molar-refractivity contribution in [1.82, 2.24) is 0 Å². The molecule has 0 saturated carbocycles. The van der Waals surface area contributed by atoms with Gasteiger partial charge in [-0.05, 0) is 42.5 Å². The third-order valence-corrected chi connectivity index (χ3v) is 4.71. The molecule has 178 valence electrons. The number of nitrogens with zero attached hydrogens (tertiary/aromatic N) is 2. The molecule has 6 nitrogen and oxygen atoms in total. The predicted molar refractivity (Wildman–Crippen MR) is 118 cm³/mol. The Morgan fingerprint density at radius 2 is 1.71 bits per heavy atom. The van der Waals surface area contributed by atoms with E-state index in [1.54, 1.807) is 14.1 Å². The molecule has 3 aromatic carbocycles. The van der Waals surface area contributed by atoms with Crippen LogP contribution in [-0.2, 0) is 6.18 Å². The van der Waals surface area contributed by atoms with Crippen LogP contribution in [0.4, 0.5) is 39.0 Å². The Hall–Kier alpha value is -4.15. The van der Waals surface area contributed by atoms with Gasteiger partial charge in [0.25, 0.3) is 5.69 Å². The summed E-state index contributed by atoms with van der Waals surface area (Å²) in [5.74, 6) is -2.13. The summed E-state index contributed by atoms with van der Waals surface area (Å²) in [6, 6.07) is 9.51. The molecule has 0 spiro atoms. The van der Waals surface area contributed by atoms with Gasteiger partial charge in [0.05, 0.1) is 27.8 Å². The van der Waals surface area contributed by atoms with Gasteiger partial charge in [0.1, 0.15) is 23.1 Å². The van der Waals surface area contributed by atoms with E-state index in [4.69, 9.17) is 4.74 Å². The number of nitrogens with one attached hydrogen (secondary N) is 1. The van der Waals surface area contributed by atoms with E-state index < -0.39 is 39.5 Å². The second-order valence-corrected chi connectivity index (χ2v) is 7.31. The second kappa shape index (κ2) is 9.38. The van der Waals surface area contributed by atoms with Gasteiger partial charge in [-0.25, -0.2) is 8.78 Å². The lowest BCUT2D eigenvalue weighted by atomic mass is 10.1. The maximum Gasteiger partial charge on any atom is 0.416 e. The molecule has 0 aliphatic rings. The highest BCUT2D eigenvalue weighted by Gasteiger charge is 2.31. The molecule has 0 radical (unpaired) electrons. The molecular formula is C23H18F5N3O3. The zero-order chi connectivity index (χ0) is 25.2. The second-order valence-electron chi connectivity index (χ2n) is 7.31. The molecule has 0 aliphatic carbocycles. The number of benzene rings is 3. The van der Waals surface area contributed by atoms with Gasteiger partial charge in [-0.2, -0.15) is 13.2 Å². The number of rotatable bonds is 7. The summed E-state index contributed by atoms with van der Waals surface area (Å²) in [5.41, 5.74) is -2.10. The predicted octanol–water partition coefficient (Wildman–Crippen LogP) is 6.83. The average molecular weight is 479 g/mol. The summed E-state index contributed by atoms with van der Waals surface area (Å²) in [5, 5.41) is 14.1. The van der Waals surface area contributed by atoms with Crippen LogP contribution in [-0.4, -0.2) is 19.0 Å². The van der Waals surface area contributed by atoms with Crippen LogP contribution >= 0.6 is 0 Å². The molecule has 0 atom stereocenters. The van der Waals surface area contributed by atoms with Crippen LogP contribution in [0, 0.1) is 21.7 Å². The fourth-order valence-corrected chi connectivity index (χ4v) is 3.11. The van der Waals surface area contributed by atoms with E-state index in [0.717, 1.165) is 36.4 Å². The first kappa shape index (κ1) is 24.5. The molecule has 0 unspecified atom stereocenters. The van der Waals surface area contributed by atoms with Crippen molar-refractivity contribution in [1.29, 1.82) is 0 Å². The number of ether oxygens (including phenoxy) is 1. The van der Waals surface area contributed by atoms with Crippen LogP contribution in [0.3, 0.4) is 0 Å². The van der Waals surface area contributed by atoms with Gasteiger partial charge < -0.3 is 15.0 Å². The number of nitro groups is 1. The van der Waals surface area contributed by atoms with E-state index in [1.165, 1.54) is 23.1 Å². The van der Waals surface area contributed by atoms with Crippen molar-refractivity contribution in [2.45, 2.75) is 6.18 Å². The van der Waals surface area contributed by atoms with Crippen LogP contribution in [0.25, 0.3) is 5.70 Å². The van der Waals surface area contributed by atoms with E-state index in [2.05, 4.69) is 11.9 Å². The molecule has 0 heterocycles. The van der Waals surface area contributed by atoms with Crippen molar-refractivity contribution in [2.24, 2.45) is 0 Å². The first-order valence-electron chi connectivity index (χ1n) is 9.63. The van der Waals surface area contributed by atoms with Gasteiger partial charge in [-0.1, -0.05) is 12.6 Å². The number of halogens is 5. The van der Waals surface area contributed by atoms with Crippen molar-refractivity contribution in [3.05, 3.63) is 94.1 Å². The van der Waals surface area contributed by atoms with Crippen LogP contribution in [0.5, 0.6) is 11.5 Å². The fourth-order valence-electron chi connectivity index (χ4n) is 3.11. The van der Waals surface area contributed by atoms with Crippen molar-refractivity contribution in [3.63, 3.8) is 0 Å². The Bertz CT molecular complexity index is 1240. The number of hydrogen-bond donors (Lipinski definition) is 1. The van der Waals surface area contributed by atoms with E-state index >= 15 is 0 Å². The normalized spacial score (nSPS) is 11.1. The molecule has 3 rings (SSSR count). The maximum absolute atomic E-state index is 14.0. The molecule has 0 bridgehead atoms. The largest absolute Gasteiger partial charge is 0.455 e. The highest BCUT2D eigenvalue weighted by Crippen LogP contribution is 2.40. The van der Waals surface area contributed by atoms with Crippen molar-refractivity contribution < 1.29 is 31.6 Å². The molecule has 1 N–H and O–H groups in total. The zero-order valence-electron chi connectivity index (χ0n) is 17.9.